The Hall–Kier alpha value is -1.46. The summed E-state index contributed by atoms with van der Waals surface area (Å²) in [6.07, 6.45) is 2.13. The van der Waals surface area contributed by atoms with Crippen LogP contribution in [0.1, 0.15) is 12.0 Å². The summed E-state index contributed by atoms with van der Waals surface area (Å²) in [5.41, 5.74) is 1.17. The van der Waals surface area contributed by atoms with Gasteiger partial charge in [0.15, 0.2) is 11.5 Å². The molecule has 124 valence electrons. The molecule has 1 fully saturated rings. The van der Waals surface area contributed by atoms with E-state index in [0.29, 0.717) is 23.5 Å². The number of nitrogens with zero attached hydrogens (tertiary/aromatic N) is 1. The lowest BCUT2D eigenvalue weighted by molar-refractivity contribution is 0.167. The molecule has 1 heterocycles. The van der Waals surface area contributed by atoms with Crippen LogP contribution in [0.15, 0.2) is 12.1 Å². The fraction of sp³-hybridized carbons (Fsp3) is 0.647. The van der Waals surface area contributed by atoms with Crippen LogP contribution in [0, 0.1) is 5.92 Å². The number of ether oxygens (including phenoxy) is 3. The predicted octanol–water partition coefficient (Wildman–Crippen LogP) is 1.79. The molecule has 1 aliphatic rings. The molecule has 5 nitrogen and oxygen atoms in total. The summed E-state index contributed by atoms with van der Waals surface area (Å²) in [7, 11) is 9.21. The Bertz CT molecular complexity index is 493. The van der Waals surface area contributed by atoms with E-state index in [1.54, 1.807) is 21.3 Å². The summed E-state index contributed by atoms with van der Waals surface area (Å²) in [4.78, 5) is 2.39. The zero-order valence-electron chi connectivity index (χ0n) is 14.3. The molecule has 1 aromatic rings. The van der Waals surface area contributed by atoms with Gasteiger partial charge in [-0.25, -0.2) is 0 Å². The van der Waals surface area contributed by atoms with Gasteiger partial charge in [0.2, 0.25) is 5.75 Å². The molecule has 1 saturated heterocycles. The summed E-state index contributed by atoms with van der Waals surface area (Å²) in [6.45, 7) is 2.23. The number of piperidine rings is 1. The largest absolute Gasteiger partial charge is 0.493 e. The van der Waals surface area contributed by atoms with Gasteiger partial charge in [-0.05, 0) is 51.0 Å². The van der Waals surface area contributed by atoms with E-state index in [2.05, 4.69) is 30.4 Å². The maximum atomic E-state index is 5.61. The lowest BCUT2D eigenvalue weighted by Gasteiger charge is -2.37. The number of hydrogen-bond donors (Lipinski definition) is 1. The van der Waals surface area contributed by atoms with Gasteiger partial charge in [-0.2, -0.15) is 0 Å². The summed E-state index contributed by atoms with van der Waals surface area (Å²) < 4.78 is 16.5. The van der Waals surface area contributed by atoms with E-state index in [1.807, 2.05) is 6.07 Å². The average Bonchev–Trinajstić information content (AvgIpc) is 2.54. The Balaban J connectivity index is 2.28. The third kappa shape index (κ3) is 3.47. The van der Waals surface area contributed by atoms with E-state index in [9.17, 15) is 0 Å². The van der Waals surface area contributed by atoms with Gasteiger partial charge < -0.3 is 24.4 Å². The van der Waals surface area contributed by atoms with E-state index < -0.39 is 0 Å². The van der Waals surface area contributed by atoms with Crippen molar-refractivity contribution in [2.24, 2.45) is 5.92 Å². The highest BCUT2D eigenvalue weighted by Gasteiger charge is 2.28. The minimum absolute atomic E-state index is 0.536. The average molecular weight is 308 g/mol. The molecule has 5 heteroatoms. The maximum Gasteiger partial charge on any atom is 0.203 e. The highest BCUT2D eigenvalue weighted by molar-refractivity contribution is 5.55. The Kier molecular flexibility index (Phi) is 5.91. The number of nitrogens with one attached hydrogen (secondary N) is 1. The van der Waals surface area contributed by atoms with E-state index in [4.69, 9.17) is 14.2 Å². The molecule has 0 spiro atoms. The number of methoxy groups -OCH3 is 3. The third-order valence-electron chi connectivity index (χ3n) is 4.58. The minimum Gasteiger partial charge on any atom is -0.493 e. The van der Waals surface area contributed by atoms with E-state index >= 15 is 0 Å². The number of likely N-dealkylation sites (tertiary alicyclic amines) is 1. The second kappa shape index (κ2) is 7.70. The molecule has 0 saturated carbocycles. The number of rotatable bonds is 6. The molecular weight excluding hydrogens is 280 g/mol. The molecule has 0 aliphatic carbocycles. The Morgan fingerprint density at radius 3 is 2.45 bits per heavy atom. The van der Waals surface area contributed by atoms with Gasteiger partial charge >= 0.3 is 0 Å². The van der Waals surface area contributed by atoms with Gasteiger partial charge in [0.25, 0.3) is 0 Å². The van der Waals surface area contributed by atoms with Crippen molar-refractivity contribution in [3.8, 4) is 17.2 Å². The van der Waals surface area contributed by atoms with Gasteiger partial charge in [-0.1, -0.05) is 6.07 Å². The van der Waals surface area contributed by atoms with Gasteiger partial charge in [0.1, 0.15) is 0 Å². The van der Waals surface area contributed by atoms with Crippen LogP contribution in [-0.4, -0.2) is 59.5 Å². The van der Waals surface area contributed by atoms with Gasteiger partial charge in [-0.15, -0.1) is 0 Å². The maximum absolute atomic E-state index is 5.61. The lowest BCUT2D eigenvalue weighted by atomic mass is 9.86. The third-order valence-corrected chi connectivity index (χ3v) is 4.58. The van der Waals surface area contributed by atoms with Crippen molar-refractivity contribution in [3.63, 3.8) is 0 Å². The molecule has 2 rings (SSSR count). The van der Waals surface area contributed by atoms with Crippen LogP contribution in [0.3, 0.4) is 0 Å². The first kappa shape index (κ1) is 16.9. The highest BCUT2D eigenvalue weighted by atomic mass is 16.5. The standard InChI is InChI=1S/C17H28N2O3/c1-18-14-8-9-19(2)11-13(14)10-12-6-7-15(20-3)17(22-5)16(12)21-4/h6-7,13-14,18H,8-11H2,1-5H3/t13-,14-/m1/s1. The normalized spacial score (nSPS) is 22.4. The van der Waals surface area contributed by atoms with Crippen LogP contribution < -0.4 is 19.5 Å². The Labute approximate surface area is 133 Å². The summed E-state index contributed by atoms with van der Waals surface area (Å²) in [5.74, 6) is 2.71. The molecule has 0 aromatic heterocycles. The molecule has 1 aromatic carbocycles. The molecule has 1 aliphatic heterocycles. The zero-order chi connectivity index (χ0) is 16.1. The molecule has 2 atom stereocenters. The summed E-state index contributed by atoms with van der Waals surface area (Å²) in [5, 5.41) is 3.46. The van der Waals surface area contributed by atoms with Crippen molar-refractivity contribution >= 4 is 0 Å². The van der Waals surface area contributed by atoms with E-state index in [1.165, 1.54) is 12.0 Å². The monoisotopic (exact) mass is 308 g/mol. The van der Waals surface area contributed by atoms with Crippen LogP contribution in [0.25, 0.3) is 0 Å². The smallest absolute Gasteiger partial charge is 0.203 e. The second-order valence-electron chi connectivity index (χ2n) is 5.90. The van der Waals surface area contributed by atoms with E-state index in [-0.39, 0.29) is 0 Å². The van der Waals surface area contributed by atoms with Crippen molar-refractivity contribution in [2.75, 3.05) is 48.5 Å². The second-order valence-corrected chi connectivity index (χ2v) is 5.90. The predicted molar refractivity (Wildman–Crippen MR) is 88.3 cm³/mol. The number of benzene rings is 1. The Morgan fingerprint density at radius 1 is 1.14 bits per heavy atom. The number of hydrogen-bond acceptors (Lipinski definition) is 5. The molecule has 1 N–H and O–H groups in total. The molecule has 22 heavy (non-hydrogen) atoms. The molecular formula is C17H28N2O3. The van der Waals surface area contributed by atoms with Crippen LogP contribution >= 0.6 is 0 Å². The molecule has 0 radical (unpaired) electrons. The first-order valence-electron chi connectivity index (χ1n) is 7.78. The van der Waals surface area contributed by atoms with Crippen molar-refractivity contribution in [1.82, 2.24) is 10.2 Å². The molecule has 0 unspecified atom stereocenters. The van der Waals surface area contributed by atoms with Crippen molar-refractivity contribution in [3.05, 3.63) is 17.7 Å². The van der Waals surface area contributed by atoms with Gasteiger partial charge in [0, 0.05) is 12.6 Å². The topological polar surface area (TPSA) is 43.0 Å². The van der Waals surface area contributed by atoms with Crippen molar-refractivity contribution < 1.29 is 14.2 Å². The Morgan fingerprint density at radius 2 is 1.86 bits per heavy atom. The molecule has 0 bridgehead atoms. The van der Waals surface area contributed by atoms with Crippen LogP contribution in [0.5, 0.6) is 17.2 Å². The van der Waals surface area contributed by atoms with E-state index in [0.717, 1.165) is 25.3 Å². The minimum atomic E-state index is 0.536. The summed E-state index contributed by atoms with van der Waals surface area (Å²) in [6, 6.07) is 4.58. The molecule has 0 amide bonds. The lowest BCUT2D eigenvalue weighted by Crippen LogP contribution is -2.47. The van der Waals surface area contributed by atoms with Crippen LogP contribution in [-0.2, 0) is 6.42 Å². The summed E-state index contributed by atoms with van der Waals surface area (Å²) >= 11 is 0. The first-order chi connectivity index (χ1) is 10.6. The van der Waals surface area contributed by atoms with Crippen molar-refractivity contribution in [2.45, 2.75) is 18.9 Å². The van der Waals surface area contributed by atoms with Gasteiger partial charge in [-0.3, -0.25) is 0 Å². The van der Waals surface area contributed by atoms with Crippen LogP contribution in [0.4, 0.5) is 0 Å². The van der Waals surface area contributed by atoms with Crippen LogP contribution in [0.2, 0.25) is 0 Å². The van der Waals surface area contributed by atoms with Crippen molar-refractivity contribution in [1.29, 1.82) is 0 Å². The first-order valence-corrected chi connectivity index (χ1v) is 7.78. The zero-order valence-corrected chi connectivity index (χ0v) is 14.3. The fourth-order valence-corrected chi connectivity index (χ4v) is 3.41. The highest BCUT2D eigenvalue weighted by Crippen LogP contribution is 2.41. The quantitative estimate of drug-likeness (QED) is 0.868. The fourth-order valence-electron chi connectivity index (χ4n) is 3.41. The SMILES string of the molecule is CN[C@@H]1CCN(C)C[C@H]1Cc1ccc(OC)c(OC)c1OC. The van der Waals surface area contributed by atoms with Gasteiger partial charge in [0.05, 0.1) is 21.3 Å².